The van der Waals surface area contributed by atoms with Crippen LogP contribution in [0, 0.1) is 11.8 Å². The zero-order chi connectivity index (χ0) is 15.6. The molecule has 0 bridgehead atoms. The molecule has 114 valence electrons. The van der Waals surface area contributed by atoms with Gasteiger partial charge in [-0.2, -0.15) is 0 Å². The Bertz CT molecular complexity index is 567. The Hall–Kier alpha value is -2.35. The van der Waals surface area contributed by atoms with Gasteiger partial charge in [-0.05, 0) is 18.6 Å². The Morgan fingerprint density at radius 1 is 1.24 bits per heavy atom. The van der Waals surface area contributed by atoms with Crippen molar-refractivity contribution in [3.63, 3.8) is 0 Å². The first-order valence-corrected chi connectivity index (χ1v) is 6.47. The summed E-state index contributed by atoms with van der Waals surface area (Å²) in [6.07, 6.45) is 0.0997. The first kappa shape index (κ1) is 15.0. The number of hydrogen-bond acceptors (Lipinski definition) is 5. The maximum absolute atomic E-state index is 12.2. The fraction of sp³-hybridized carbons (Fsp3) is 0.462. The molecule has 2 rings (SSSR count). The number of carboxylic acids is 2. The van der Waals surface area contributed by atoms with E-state index in [0.717, 1.165) is 0 Å². The summed E-state index contributed by atoms with van der Waals surface area (Å²) in [7, 11) is 0. The highest BCUT2D eigenvalue weighted by Gasteiger charge is 2.40. The largest absolute Gasteiger partial charge is 0.481 e. The number of rotatable bonds is 4. The van der Waals surface area contributed by atoms with Gasteiger partial charge in [0.15, 0.2) is 5.76 Å². The van der Waals surface area contributed by atoms with Crippen LogP contribution in [-0.4, -0.2) is 46.0 Å². The third-order valence-electron chi connectivity index (χ3n) is 3.61. The predicted octanol–water partition coefficient (Wildman–Crippen LogP) is -0.0142. The second-order valence-electron chi connectivity index (χ2n) is 4.90. The van der Waals surface area contributed by atoms with Crippen LogP contribution in [-0.2, 0) is 16.1 Å². The molecule has 1 aromatic rings. The minimum atomic E-state index is -1.22. The molecule has 1 aliphatic rings. The van der Waals surface area contributed by atoms with E-state index in [2.05, 4.69) is 0 Å². The Kier molecular flexibility index (Phi) is 4.27. The van der Waals surface area contributed by atoms with E-state index in [4.69, 9.17) is 20.4 Å². The molecule has 4 N–H and O–H groups in total. The molecule has 1 amide bonds. The van der Waals surface area contributed by atoms with Crippen LogP contribution >= 0.6 is 0 Å². The molecule has 2 heterocycles. The van der Waals surface area contributed by atoms with E-state index in [-0.39, 0.29) is 31.8 Å². The lowest BCUT2D eigenvalue weighted by atomic mass is 9.85. The average Bonchev–Trinajstić information content (AvgIpc) is 2.94. The molecule has 0 radical (unpaired) electrons. The normalized spacial score (nSPS) is 22.0. The fourth-order valence-electron chi connectivity index (χ4n) is 2.44. The lowest BCUT2D eigenvalue weighted by molar-refractivity contribution is -0.156. The molecule has 1 fully saturated rings. The van der Waals surface area contributed by atoms with E-state index >= 15 is 0 Å². The van der Waals surface area contributed by atoms with Crippen LogP contribution in [0.2, 0.25) is 0 Å². The van der Waals surface area contributed by atoms with Gasteiger partial charge in [-0.3, -0.25) is 14.4 Å². The molecule has 1 aliphatic heterocycles. The van der Waals surface area contributed by atoms with Crippen molar-refractivity contribution < 1.29 is 29.0 Å². The van der Waals surface area contributed by atoms with Crippen LogP contribution in [0.15, 0.2) is 16.5 Å². The summed E-state index contributed by atoms with van der Waals surface area (Å²) in [5.74, 6) is -4.40. The van der Waals surface area contributed by atoms with Crippen LogP contribution in [0.5, 0.6) is 0 Å². The Balaban J connectivity index is 2.13. The van der Waals surface area contributed by atoms with Crippen molar-refractivity contribution in [1.82, 2.24) is 4.90 Å². The van der Waals surface area contributed by atoms with Crippen molar-refractivity contribution in [2.24, 2.45) is 17.6 Å². The van der Waals surface area contributed by atoms with Gasteiger partial charge in [0, 0.05) is 13.1 Å². The number of carboxylic acid groups (broad SMARTS) is 2. The second-order valence-corrected chi connectivity index (χ2v) is 4.90. The number of nitrogens with two attached hydrogens (primary N) is 1. The highest BCUT2D eigenvalue weighted by molar-refractivity contribution is 5.92. The van der Waals surface area contributed by atoms with Gasteiger partial charge in [0.05, 0.1) is 18.4 Å². The summed E-state index contributed by atoms with van der Waals surface area (Å²) >= 11 is 0. The maximum atomic E-state index is 12.2. The van der Waals surface area contributed by atoms with Crippen molar-refractivity contribution in [2.75, 3.05) is 13.1 Å². The fourth-order valence-corrected chi connectivity index (χ4v) is 2.44. The number of carbonyl (C=O) groups is 3. The molecule has 8 nitrogen and oxygen atoms in total. The quantitative estimate of drug-likeness (QED) is 0.711. The third-order valence-corrected chi connectivity index (χ3v) is 3.61. The number of piperidine rings is 1. The Labute approximate surface area is 120 Å². The molecule has 2 unspecified atom stereocenters. The van der Waals surface area contributed by atoms with Gasteiger partial charge in [-0.15, -0.1) is 0 Å². The van der Waals surface area contributed by atoms with Crippen molar-refractivity contribution in [1.29, 1.82) is 0 Å². The number of nitrogens with zero attached hydrogens (tertiary/aromatic N) is 1. The van der Waals surface area contributed by atoms with Gasteiger partial charge in [0.1, 0.15) is 5.76 Å². The van der Waals surface area contributed by atoms with E-state index in [1.807, 2.05) is 0 Å². The van der Waals surface area contributed by atoms with Gasteiger partial charge < -0.3 is 25.3 Å². The topological polar surface area (TPSA) is 134 Å². The van der Waals surface area contributed by atoms with Gasteiger partial charge in [-0.1, -0.05) is 0 Å². The van der Waals surface area contributed by atoms with Gasteiger partial charge in [0.2, 0.25) is 0 Å². The highest BCUT2D eigenvalue weighted by atomic mass is 16.4. The molecule has 8 heteroatoms. The summed E-state index contributed by atoms with van der Waals surface area (Å²) in [5, 5.41) is 18.2. The molecular weight excluding hydrogens is 280 g/mol. The van der Waals surface area contributed by atoms with E-state index < -0.39 is 29.7 Å². The van der Waals surface area contributed by atoms with Crippen LogP contribution in [0.25, 0.3) is 0 Å². The van der Waals surface area contributed by atoms with Crippen LogP contribution in [0.3, 0.4) is 0 Å². The van der Waals surface area contributed by atoms with Crippen molar-refractivity contribution in [2.45, 2.75) is 13.0 Å². The summed E-state index contributed by atoms with van der Waals surface area (Å²) in [5.41, 5.74) is 5.39. The standard InChI is InChI=1S/C13H16N2O6/c14-5-7-1-2-10(21-7)11(16)15-4-3-8(12(17)18)9(6-15)13(19)20/h1-2,8-9H,3-6,14H2,(H,17,18)(H,19,20). The maximum Gasteiger partial charge on any atom is 0.309 e. The SMILES string of the molecule is NCc1ccc(C(=O)N2CCC(C(=O)O)C(C(=O)O)C2)o1. The third kappa shape index (κ3) is 3.05. The van der Waals surface area contributed by atoms with Crippen LogP contribution in [0.1, 0.15) is 22.7 Å². The monoisotopic (exact) mass is 296 g/mol. The summed E-state index contributed by atoms with van der Waals surface area (Å²) < 4.78 is 5.24. The zero-order valence-corrected chi connectivity index (χ0v) is 11.2. The van der Waals surface area contributed by atoms with E-state index in [0.29, 0.717) is 5.76 Å². The zero-order valence-electron chi connectivity index (χ0n) is 11.2. The van der Waals surface area contributed by atoms with Crippen molar-refractivity contribution in [3.8, 4) is 0 Å². The lowest BCUT2D eigenvalue weighted by Crippen LogP contribution is -2.48. The number of carbonyl (C=O) groups excluding carboxylic acids is 1. The first-order valence-electron chi connectivity index (χ1n) is 6.47. The minimum Gasteiger partial charge on any atom is -0.481 e. The van der Waals surface area contributed by atoms with E-state index in [9.17, 15) is 14.4 Å². The lowest BCUT2D eigenvalue weighted by Gasteiger charge is -2.34. The molecular formula is C13H16N2O6. The first-order chi connectivity index (χ1) is 9.93. The average molecular weight is 296 g/mol. The molecule has 0 aromatic carbocycles. The van der Waals surface area contributed by atoms with Gasteiger partial charge >= 0.3 is 11.9 Å². The summed E-state index contributed by atoms with van der Waals surface area (Å²) in [6, 6.07) is 3.05. The molecule has 1 aromatic heterocycles. The highest BCUT2D eigenvalue weighted by Crippen LogP contribution is 2.25. The molecule has 1 saturated heterocycles. The number of aliphatic carboxylic acids is 2. The van der Waals surface area contributed by atoms with Crippen molar-refractivity contribution >= 4 is 17.8 Å². The van der Waals surface area contributed by atoms with Crippen LogP contribution < -0.4 is 5.73 Å². The number of hydrogen-bond donors (Lipinski definition) is 3. The summed E-state index contributed by atoms with van der Waals surface area (Å²) in [4.78, 5) is 35.8. The minimum absolute atomic E-state index is 0.0772. The predicted molar refractivity (Wildman–Crippen MR) is 69.4 cm³/mol. The van der Waals surface area contributed by atoms with Crippen LogP contribution in [0.4, 0.5) is 0 Å². The number of amides is 1. The van der Waals surface area contributed by atoms with Gasteiger partial charge in [0.25, 0.3) is 5.91 Å². The molecule has 0 aliphatic carbocycles. The van der Waals surface area contributed by atoms with Gasteiger partial charge in [-0.25, -0.2) is 0 Å². The van der Waals surface area contributed by atoms with Crippen molar-refractivity contribution in [3.05, 3.63) is 23.7 Å². The molecule has 0 spiro atoms. The summed E-state index contributed by atoms with van der Waals surface area (Å²) in [6.45, 7) is 0.189. The van der Waals surface area contributed by atoms with E-state index in [1.165, 1.54) is 11.0 Å². The second kappa shape index (κ2) is 5.96. The van der Waals surface area contributed by atoms with E-state index in [1.54, 1.807) is 6.07 Å². The Morgan fingerprint density at radius 2 is 1.90 bits per heavy atom. The smallest absolute Gasteiger partial charge is 0.309 e. The number of furan rings is 1. The number of likely N-dealkylation sites (tertiary alicyclic amines) is 1. The molecule has 0 saturated carbocycles. The molecule has 2 atom stereocenters. The molecule has 21 heavy (non-hydrogen) atoms. The Morgan fingerprint density at radius 3 is 2.43 bits per heavy atom.